The van der Waals surface area contributed by atoms with E-state index in [-0.39, 0.29) is 0 Å². The Hall–Kier alpha value is -1.33. The predicted octanol–water partition coefficient (Wildman–Crippen LogP) is 12.3. The van der Waals surface area contributed by atoms with Crippen LogP contribution in [0.4, 0.5) is 0 Å². The highest BCUT2D eigenvalue weighted by Crippen LogP contribution is 2.34. The van der Waals surface area contributed by atoms with Crippen molar-refractivity contribution in [2.75, 3.05) is 19.8 Å². The van der Waals surface area contributed by atoms with Crippen LogP contribution in [0, 0.1) is 5.41 Å². The molecule has 0 unspecified atom stereocenters. The molecule has 0 aliphatic carbocycles. The topological polar surface area (TPSA) is 55.4 Å². The van der Waals surface area contributed by atoms with E-state index in [0.29, 0.717) is 37.7 Å². The molecule has 0 bridgehead atoms. The molecular formula is C36H74O6Si3. The van der Waals surface area contributed by atoms with Crippen LogP contribution < -0.4 is 0 Å². The van der Waals surface area contributed by atoms with E-state index in [1.54, 1.807) is 0 Å². The molecule has 0 heterocycles. The van der Waals surface area contributed by atoms with Gasteiger partial charge in [0.15, 0.2) is 0 Å². The Morgan fingerprint density at radius 1 is 0.378 bits per heavy atom. The van der Waals surface area contributed by atoms with E-state index in [9.17, 15) is 0 Å². The monoisotopic (exact) mass is 686 g/mol. The van der Waals surface area contributed by atoms with Crippen molar-refractivity contribution in [1.29, 1.82) is 0 Å². The Morgan fingerprint density at radius 2 is 0.578 bits per heavy atom. The van der Waals surface area contributed by atoms with Gasteiger partial charge in [-0.3, -0.25) is 0 Å². The second-order valence-corrected chi connectivity index (χ2v) is 27.7. The minimum atomic E-state index is -1.92. The summed E-state index contributed by atoms with van der Waals surface area (Å²) in [6, 6.07) is 9.53. The van der Waals surface area contributed by atoms with Gasteiger partial charge in [0.1, 0.15) is 19.8 Å². The largest absolute Gasteiger partial charge is 0.519 e. The van der Waals surface area contributed by atoms with Crippen molar-refractivity contribution in [2.24, 2.45) is 5.41 Å². The van der Waals surface area contributed by atoms with Crippen molar-refractivity contribution in [1.82, 2.24) is 0 Å². The van der Waals surface area contributed by atoms with Crippen LogP contribution in [0.15, 0.2) is 34.6 Å². The van der Waals surface area contributed by atoms with E-state index >= 15 is 0 Å². The molecule has 0 aromatic rings. The van der Waals surface area contributed by atoms with Gasteiger partial charge in [-0.25, -0.2) is 0 Å². The average molecular weight is 687 g/mol. The van der Waals surface area contributed by atoms with Gasteiger partial charge in [0.25, 0.3) is 42.8 Å². The summed E-state index contributed by atoms with van der Waals surface area (Å²) in [6.45, 7) is 36.1. The summed E-state index contributed by atoms with van der Waals surface area (Å²) in [5, 5.41) is 0. The van der Waals surface area contributed by atoms with Crippen LogP contribution in [0.2, 0.25) is 54.4 Å². The van der Waals surface area contributed by atoms with Gasteiger partial charge in [-0.15, -0.1) is 0 Å². The minimum Gasteiger partial charge on any atom is -0.519 e. The number of rotatable bonds is 25. The molecule has 0 aromatic heterocycles. The van der Waals surface area contributed by atoms with Crippen molar-refractivity contribution >= 4 is 25.0 Å². The SMILES string of the molecule is CCC(COC(O[Si](CC)(CC)CC)=C(C)C)(COC(O[Si](CC)(CC)CC)=C(C)C)COC(O[Si](CC)(CC)CC)=C(C)C. The van der Waals surface area contributed by atoms with E-state index in [0.717, 1.165) is 77.5 Å². The van der Waals surface area contributed by atoms with Crippen LogP contribution in [-0.4, -0.2) is 44.8 Å². The lowest BCUT2D eigenvalue weighted by Gasteiger charge is -2.37. The Kier molecular flexibility index (Phi) is 20.2. The maximum absolute atomic E-state index is 6.79. The van der Waals surface area contributed by atoms with E-state index in [4.69, 9.17) is 27.5 Å². The van der Waals surface area contributed by atoms with E-state index in [1.807, 2.05) is 0 Å². The molecule has 0 saturated carbocycles. The fourth-order valence-corrected chi connectivity index (χ4v) is 13.2. The third kappa shape index (κ3) is 13.0. The van der Waals surface area contributed by atoms with E-state index < -0.39 is 30.4 Å². The van der Waals surface area contributed by atoms with Gasteiger partial charge in [0, 0.05) is 16.7 Å². The molecule has 0 rings (SSSR count). The van der Waals surface area contributed by atoms with Crippen molar-refractivity contribution in [2.45, 2.75) is 172 Å². The lowest BCUT2D eigenvalue weighted by atomic mass is 9.88. The minimum absolute atomic E-state index is 0.410. The van der Waals surface area contributed by atoms with Crippen molar-refractivity contribution in [3.63, 3.8) is 0 Å². The normalized spacial score (nSPS) is 12.3. The zero-order valence-electron chi connectivity index (χ0n) is 32.6. The summed E-state index contributed by atoms with van der Waals surface area (Å²) < 4.78 is 40.4. The molecule has 0 aliphatic rings. The molecule has 0 radical (unpaired) electrons. The van der Waals surface area contributed by atoms with Crippen LogP contribution in [0.1, 0.15) is 117 Å². The first-order chi connectivity index (χ1) is 21.1. The van der Waals surface area contributed by atoms with Crippen LogP contribution in [0.25, 0.3) is 0 Å². The fraction of sp³-hybridized carbons (Fsp3) is 0.833. The molecule has 6 nitrogen and oxygen atoms in total. The summed E-state index contributed by atoms with van der Waals surface area (Å²) in [6.07, 6.45) is 0.794. The first-order valence-electron chi connectivity index (χ1n) is 18.1. The highest BCUT2D eigenvalue weighted by molar-refractivity contribution is 6.74. The van der Waals surface area contributed by atoms with Crippen molar-refractivity contribution in [3.8, 4) is 0 Å². The molecule has 0 spiro atoms. The predicted molar refractivity (Wildman–Crippen MR) is 201 cm³/mol. The van der Waals surface area contributed by atoms with Crippen LogP contribution >= 0.6 is 0 Å². The third-order valence-electron chi connectivity index (χ3n) is 10.2. The molecule has 0 N–H and O–H groups in total. The average Bonchev–Trinajstić information content (AvgIpc) is 3.05. The first-order valence-corrected chi connectivity index (χ1v) is 25.7. The molecule has 266 valence electrons. The van der Waals surface area contributed by atoms with Crippen molar-refractivity contribution < 1.29 is 27.5 Å². The molecule has 9 heteroatoms. The van der Waals surface area contributed by atoms with Crippen LogP contribution in [0.3, 0.4) is 0 Å². The lowest BCUT2D eigenvalue weighted by molar-refractivity contribution is -0.0729. The highest BCUT2D eigenvalue weighted by atomic mass is 28.4. The van der Waals surface area contributed by atoms with Crippen LogP contribution in [0.5, 0.6) is 0 Å². The molecular weight excluding hydrogens is 613 g/mol. The summed E-state index contributed by atoms with van der Waals surface area (Å²) >= 11 is 0. The number of ether oxygens (including phenoxy) is 3. The third-order valence-corrected chi connectivity index (χ3v) is 23.7. The van der Waals surface area contributed by atoms with Gasteiger partial charge < -0.3 is 27.5 Å². The second kappa shape index (κ2) is 20.8. The van der Waals surface area contributed by atoms with Crippen molar-refractivity contribution in [3.05, 3.63) is 34.6 Å². The number of hydrogen-bond donors (Lipinski definition) is 0. The van der Waals surface area contributed by atoms with Gasteiger partial charge in [-0.2, -0.15) is 0 Å². The van der Waals surface area contributed by atoms with Gasteiger partial charge in [-0.05, 0) is 102 Å². The zero-order chi connectivity index (χ0) is 34.9. The van der Waals surface area contributed by atoms with Gasteiger partial charge in [0.05, 0.1) is 5.41 Å². The number of allylic oxidation sites excluding steroid dienone is 3. The quantitative estimate of drug-likeness (QED) is 0.0704. The summed E-state index contributed by atoms with van der Waals surface area (Å²) in [7, 11) is -5.77. The van der Waals surface area contributed by atoms with E-state index in [1.165, 1.54) is 0 Å². The molecule has 0 atom stereocenters. The summed E-state index contributed by atoms with van der Waals surface area (Å²) in [5.74, 6) is 2.02. The van der Waals surface area contributed by atoms with E-state index in [2.05, 4.69) is 111 Å². The standard InChI is InChI=1S/C36H74O6Si3/c1-17-36(27-37-33(30(11)12)40-43(18-2,19-3)20-4,28-38-34(31(13)14)41-44(21-5,22-6)23-7)29-39-35(32(15)16)42-45(24-8,25-9)26-10/h17-29H2,1-16H3. The molecule has 0 aliphatic heterocycles. The Morgan fingerprint density at radius 3 is 0.711 bits per heavy atom. The fourth-order valence-electron chi connectivity index (χ4n) is 5.40. The second-order valence-electron chi connectivity index (χ2n) is 13.6. The highest BCUT2D eigenvalue weighted by Gasteiger charge is 2.39. The Labute approximate surface area is 283 Å². The molecule has 0 saturated heterocycles. The molecule has 45 heavy (non-hydrogen) atoms. The van der Waals surface area contributed by atoms with Gasteiger partial charge in [0.2, 0.25) is 0 Å². The molecule has 0 fully saturated rings. The lowest BCUT2D eigenvalue weighted by Crippen LogP contribution is -2.41. The summed E-state index contributed by atoms with van der Waals surface area (Å²) in [4.78, 5) is 0. The number of hydrogen-bond acceptors (Lipinski definition) is 6. The maximum atomic E-state index is 6.79. The maximum Gasteiger partial charge on any atom is 0.263 e. The van der Waals surface area contributed by atoms with Gasteiger partial charge in [-0.1, -0.05) is 69.2 Å². The molecule has 0 amide bonds. The first kappa shape index (κ1) is 43.7. The summed E-state index contributed by atoms with van der Waals surface area (Å²) in [5.41, 5.74) is 2.72. The Bertz CT molecular complexity index is 793. The van der Waals surface area contributed by atoms with Crippen LogP contribution in [-0.2, 0) is 27.5 Å². The van der Waals surface area contributed by atoms with Gasteiger partial charge >= 0.3 is 0 Å². The Balaban J connectivity index is 6.59. The smallest absolute Gasteiger partial charge is 0.263 e. The zero-order valence-corrected chi connectivity index (χ0v) is 35.6. The molecule has 0 aromatic carbocycles.